The minimum atomic E-state index is -0.766. The van der Waals surface area contributed by atoms with Crippen molar-refractivity contribution in [1.29, 1.82) is 5.26 Å². The quantitative estimate of drug-likeness (QED) is 0.520. The number of aromatic amines is 1. The van der Waals surface area contributed by atoms with Crippen LogP contribution in [0.3, 0.4) is 0 Å². The van der Waals surface area contributed by atoms with Crippen LogP contribution in [0.4, 0.5) is 0 Å². The van der Waals surface area contributed by atoms with E-state index in [1.807, 2.05) is 26.0 Å². The van der Waals surface area contributed by atoms with Crippen molar-refractivity contribution in [3.05, 3.63) is 50.8 Å². The number of esters is 1. The van der Waals surface area contributed by atoms with Crippen molar-refractivity contribution in [2.24, 2.45) is 0 Å². The number of rotatable bonds is 2. The standard InChI is InChI=1S/C16H14N2O3/c1-9-4-10(2)14-11(5-9)6-12(15(19)18-14)7-13(8-17)16(20)21-3/h4-7H,1-3H3,(H,18,19)/b13-7-. The van der Waals surface area contributed by atoms with Gasteiger partial charge in [-0.3, -0.25) is 4.79 Å². The maximum Gasteiger partial charge on any atom is 0.348 e. The van der Waals surface area contributed by atoms with Gasteiger partial charge in [0, 0.05) is 5.56 Å². The fourth-order valence-corrected chi connectivity index (χ4v) is 2.21. The predicted octanol–water partition coefficient (Wildman–Crippen LogP) is 2.22. The Balaban J connectivity index is 2.69. The fraction of sp³-hybridized carbons (Fsp3) is 0.188. The molecule has 0 saturated heterocycles. The third-order valence-electron chi connectivity index (χ3n) is 3.15. The molecule has 0 spiro atoms. The molecule has 0 aliphatic rings. The molecule has 1 aromatic heterocycles. The first kappa shape index (κ1) is 14.5. The number of H-pyrrole nitrogens is 1. The van der Waals surface area contributed by atoms with Gasteiger partial charge in [0.15, 0.2) is 0 Å². The lowest BCUT2D eigenvalue weighted by atomic mass is 10.0. The molecule has 5 nitrogen and oxygen atoms in total. The summed E-state index contributed by atoms with van der Waals surface area (Å²) in [5, 5.41) is 9.80. The van der Waals surface area contributed by atoms with Gasteiger partial charge in [-0.2, -0.15) is 5.26 Å². The number of methoxy groups -OCH3 is 1. The van der Waals surface area contributed by atoms with Crippen LogP contribution in [-0.4, -0.2) is 18.1 Å². The van der Waals surface area contributed by atoms with Crippen molar-refractivity contribution < 1.29 is 9.53 Å². The van der Waals surface area contributed by atoms with Crippen LogP contribution < -0.4 is 5.56 Å². The van der Waals surface area contributed by atoms with E-state index in [9.17, 15) is 9.59 Å². The molecule has 1 aromatic carbocycles. The van der Waals surface area contributed by atoms with E-state index >= 15 is 0 Å². The third kappa shape index (κ3) is 2.84. The Hall–Kier alpha value is -2.87. The number of ether oxygens (including phenoxy) is 1. The van der Waals surface area contributed by atoms with Crippen molar-refractivity contribution in [3.8, 4) is 6.07 Å². The zero-order valence-corrected chi connectivity index (χ0v) is 12.0. The normalized spacial score (nSPS) is 11.2. The second-order valence-corrected chi connectivity index (χ2v) is 4.76. The molecule has 1 N–H and O–H groups in total. The maximum atomic E-state index is 12.1. The fourth-order valence-electron chi connectivity index (χ4n) is 2.21. The van der Waals surface area contributed by atoms with Crippen LogP contribution in [0.1, 0.15) is 16.7 Å². The number of aryl methyl sites for hydroxylation is 2. The summed E-state index contributed by atoms with van der Waals surface area (Å²) in [6.07, 6.45) is 1.24. The lowest BCUT2D eigenvalue weighted by molar-refractivity contribution is -0.135. The highest BCUT2D eigenvalue weighted by Crippen LogP contribution is 2.18. The molecule has 0 aliphatic carbocycles. The number of pyridine rings is 1. The molecule has 0 fully saturated rings. The Morgan fingerprint density at radius 3 is 2.67 bits per heavy atom. The number of carbonyl (C=O) groups is 1. The van der Waals surface area contributed by atoms with Gasteiger partial charge in [0.05, 0.1) is 12.6 Å². The molecule has 0 unspecified atom stereocenters. The van der Waals surface area contributed by atoms with Gasteiger partial charge >= 0.3 is 5.97 Å². The van der Waals surface area contributed by atoms with Crippen LogP contribution in [0, 0.1) is 25.2 Å². The van der Waals surface area contributed by atoms with Gasteiger partial charge in [-0.25, -0.2) is 4.79 Å². The van der Waals surface area contributed by atoms with E-state index in [-0.39, 0.29) is 16.7 Å². The Morgan fingerprint density at radius 1 is 1.33 bits per heavy atom. The summed E-state index contributed by atoms with van der Waals surface area (Å²) in [6.45, 7) is 3.87. The van der Waals surface area contributed by atoms with Crippen LogP contribution in [0.5, 0.6) is 0 Å². The summed E-state index contributed by atoms with van der Waals surface area (Å²) >= 11 is 0. The monoisotopic (exact) mass is 282 g/mol. The predicted molar refractivity (Wildman–Crippen MR) is 79.6 cm³/mol. The van der Waals surface area contributed by atoms with Crippen molar-refractivity contribution in [1.82, 2.24) is 4.98 Å². The molecular formula is C16H14N2O3. The van der Waals surface area contributed by atoms with E-state index in [2.05, 4.69) is 9.72 Å². The topological polar surface area (TPSA) is 82.9 Å². The molecule has 1 heterocycles. The summed E-state index contributed by atoms with van der Waals surface area (Å²) in [5.41, 5.74) is 2.45. The molecule has 21 heavy (non-hydrogen) atoms. The number of aromatic nitrogens is 1. The number of fused-ring (bicyclic) bond motifs is 1. The molecule has 0 saturated carbocycles. The number of nitrogens with zero attached hydrogens (tertiary/aromatic N) is 1. The second-order valence-electron chi connectivity index (χ2n) is 4.76. The van der Waals surface area contributed by atoms with E-state index < -0.39 is 5.97 Å². The Labute approximate surface area is 121 Å². The first-order chi connectivity index (χ1) is 9.96. The van der Waals surface area contributed by atoms with Crippen molar-refractivity contribution >= 4 is 22.9 Å². The van der Waals surface area contributed by atoms with Gasteiger partial charge in [-0.05, 0) is 43.0 Å². The van der Waals surface area contributed by atoms with E-state index in [1.54, 1.807) is 12.1 Å². The molecule has 2 aromatic rings. The molecule has 106 valence electrons. The zero-order valence-electron chi connectivity index (χ0n) is 12.0. The number of hydrogen-bond acceptors (Lipinski definition) is 4. The van der Waals surface area contributed by atoms with Crippen LogP contribution in [-0.2, 0) is 9.53 Å². The van der Waals surface area contributed by atoms with Crippen LogP contribution in [0.15, 0.2) is 28.6 Å². The lowest BCUT2D eigenvalue weighted by Gasteiger charge is -2.05. The Morgan fingerprint density at radius 2 is 2.05 bits per heavy atom. The van der Waals surface area contributed by atoms with E-state index in [4.69, 9.17) is 5.26 Å². The lowest BCUT2D eigenvalue weighted by Crippen LogP contribution is -2.11. The summed E-state index contributed by atoms with van der Waals surface area (Å²) in [4.78, 5) is 26.3. The van der Waals surface area contributed by atoms with Crippen LogP contribution in [0.25, 0.3) is 17.0 Å². The van der Waals surface area contributed by atoms with Gasteiger partial charge in [-0.1, -0.05) is 11.6 Å². The minimum Gasteiger partial charge on any atom is -0.465 e. The minimum absolute atomic E-state index is 0.216. The highest BCUT2D eigenvalue weighted by atomic mass is 16.5. The first-order valence-corrected chi connectivity index (χ1v) is 6.30. The van der Waals surface area contributed by atoms with Gasteiger partial charge in [-0.15, -0.1) is 0 Å². The summed E-state index contributed by atoms with van der Waals surface area (Å²) in [6, 6.07) is 7.30. The number of benzene rings is 1. The van der Waals surface area contributed by atoms with E-state index in [0.29, 0.717) is 0 Å². The summed E-state index contributed by atoms with van der Waals surface area (Å²) in [7, 11) is 1.19. The molecule has 5 heteroatoms. The highest BCUT2D eigenvalue weighted by Gasteiger charge is 2.11. The Kier molecular flexibility index (Phi) is 3.90. The maximum absolute atomic E-state index is 12.1. The van der Waals surface area contributed by atoms with E-state index in [0.717, 1.165) is 22.0 Å². The number of nitrogens with one attached hydrogen (secondary N) is 1. The number of hydrogen-bond donors (Lipinski definition) is 1. The molecule has 0 radical (unpaired) electrons. The van der Waals surface area contributed by atoms with Gasteiger partial charge in [0.25, 0.3) is 5.56 Å². The third-order valence-corrected chi connectivity index (χ3v) is 3.15. The van der Waals surface area contributed by atoms with Crippen molar-refractivity contribution in [2.75, 3.05) is 7.11 Å². The average molecular weight is 282 g/mol. The largest absolute Gasteiger partial charge is 0.465 e. The SMILES string of the molecule is COC(=O)/C(C#N)=C\c1cc2cc(C)cc(C)c2[nH]c1=O. The smallest absolute Gasteiger partial charge is 0.348 e. The van der Waals surface area contributed by atoms with Gasteiger partial charge < -0.3 is 9.72 Å². The molecule has 2 rings (SSSR count). The number of carbonyl (C=O) groups excluding carboxylic acids is 1. The Bertz CT molecular complexity index is 854. The molecule has 0 aliphatic heterocycles. The molecule has 0 bridgehead atoms. The van der Waals surface area contributed by atoms with Crippen LogP contribution in [0.2, 0.25) is 0 Å². The molecule has 0 atom stereocenters. The molecular weight excluding hydrogens is 268 g/mol. The summed E-state index contributed by atoms with van der Waals surface area (Å²) in [5.74, 6) is -0.766. The van der Waals surface area contributed by atoms with Crippen molar-refractivity contribution in [3.63, 3.8) is 0 Å². The average Bonchev–Trinajstić information content (AvgIpc) is 2.45. The highest BCUT2D eigenvalue weighted by molar-refractivity contribution is 5.98. The second kappa shape index (κ2) is 5.63. The molecule has 0 amide bonds. The van der Waals surface area contributed by atoms with Gasteiger partial charge in [0.1, 0.15) is 11.6 Å². The first-order valence-electron chi connectivity index (χ1n) is 6.30. The number of nitriles is 1. The zero-order chi connectivity index (χ0) is 15.6. The van der Waals surface area contributed by atoms with Crippen LogP contribution >= 0.6 is 0 Å². The summed E-state index contributed by atoms with van der Waals surface area (Å²) < 4.78 is 4.50. The van der Waals surface area contributed by atoms with Gasteiger partial charge in [0.2, 0.25) is 0 Å². The van der Waals surface area contributed by atoms with E-state index in [1.165, 1.54) is 13.2 Å². The van der Waals surface area contributed by atoms with Crippen molar-refractivity contribution in [2.45, 2.75) is 13.8 Å².